The third-order valence-corrected chi connectivity index (χ3v) is 5.37. The fraction of sp³-hybridized carbons (Fsp3) is 0.300. The molecule has 0 atom stereocenters. The van der Waals surface area contributed by atoms with Crippen molar-refractivity contribution < 1.29 is 19.0 Å². The van der Waals surface area contributed by atoms with Crippen molar-refractivity contribution in [2.45, 2.75) is 19.9 Å². The summed E-state index contributed by atoms with van der Waals surface area (Å²) in [6, 6.07) is 10.9. The van der Waals surface area contributed by atoms with Gasteiger partial charge in [0, 0.05) is 24.2 Å². The second kappa shape index (κ2) is 7.44. The zero-order chi connectivity index (χ0) is 18.8. The van der Waals surface area contributed by atoms with Crippen molar-refractivity contribution in [1.82, 2.24) is 4.57 Å². The molecule has 27 heavy (non-hydrogen) atoms. The molecular weight excluding hydrogens is 364 g/mol. The Kier molecular flexibility index (Phi) is 4.85. The number of carbonyl (C=O) groups is 1. The van der Waals surface area contributed by atoms with Crippen molar-refractivity contribution in [2.75, 3.05) is 20.3 Å². The third kappa shape index (κ3) is 3.42. The number of carbonyl (C=O) groups excluding carboxylic acids is 1. The highest BCUT2D eigenvalue weighted by atomic mass is 32.1. The lowest BCUT2D eigenvalue weighted by atomic mass is 10.2. The van der Waals surface area contributed by atoms with E-state index in [1.165, 1.54) is 11.3 Å². The standard InChI is InChI=1S/C20H20N2O4S/c1-3-8-22-15-11-16-17(26-10-9-25-16)12-18(15)27-20(22)21-19(23)13-4-6-14(24-2)7-5-13/h4-7,11-12H,3,8-10H2,1-2H3. The molecular formula is C20H20N2O4S. The van der Waals surface area contributed by atoms with Gasteiger partial charge in [0.25, 0.3) is 5.91 Å². The van der Waals surface area contributed by atoms with Gasteiger partial charge in [0.15, 0.2) is 16.3 Å². The molecule has 0 fully saturated rings. The quantitative estimate of drug-likeness (QED) is 0.689. The van der Waals surface area contributed by atoms with Gasteiger partial charge in [0.1, 0.15) is 19.0 Å². The summed E-state index contributed by atoms with van der Waals surface area (Å²) in [4.78, 5) is 17.7. The Morgan fingerprint density at radius 1 is 1.19 bits per heavy atom. The van der Waals surface area contributed by atoms with Crippen LogP contribution in [0.4, 0.5) is 0 Å². The van der Waals surface area contributed by atoms with Crippen molar-refractivity contribution in [3.05, 3.63) is 46.8 Å². The number of amides is 1. The Bertz CT molecular complexity index is 1050. The highest BCUT2D eigenvalue weighted by Gasteiger charge is 2.16. The monoisotopic (exact) mass is 384 g/mol. The van der Waals surface area contributed by atoms with E-state index in [1.54, 1.807) is 31.4 Å². The molecule has 0 unspecified atom stereocenters. The summed E-state index contributed by atoms with van der Waals surface area (Å²) in [6.45, 7) is 3.97. The average Bonchev–Trinajstić information content (AvgIpc) is 3.02. The second-order valence-corrected chi connectivity index (χ2v) is 7.15. The molecule has 0 spiro atoms. The van der Waals surface area contributed by atoms with E-state index in [-0.39, 0.29) is 5.91 Å². The van der Waals surface area contributed by atoms with E-state index < -0.39 is 0 Å². The summed E-state index contributed by atoms with van der Waals surface area (Å²) in [6.07, 6.45) is 0.935. The molecule has 0 radical (unpaired) electrons. The average molecular weight is 384 g/mol. The van der Waals surface area contributed by atoms with Crippen LogP contribution in [0.15, 0.2) is 41.4 Å². The molecule has 1 aliphatic rings. The van der Waals surface area contributed by atoms with Crippen molar-refractivity contribution in [3.63, 3.8) is 0 Å². The van der Waals surface area contributed by atoms with Crippen LogP contribution in [-0.2, 0) is 6.54 Å². The van der Waals surface area contributed by atoms with Crippen LogP contribution in [0.5, 0.6) is 17.2 Å². The van der Waals surface area contributed by atoms with Gasteiger partial charge in [-0.15, -0.1) is 0 Å². The molecule has 2 aromatic carbocycles. The number of methoxy groups -OCH3 is 1. The molecule has 1 aliphatic heterocycles. The van der Waals surface area contributed by atoms with E-state index in [4.69, 9.17) is 14.2 Å². The molecule has 2 heterocycles. The summed E-state index contributed by atoms with van der Waals surface area (Å²) in [5, 5.41) is 0. The van der Waals surface area contributed by atoms with Gasteiger partial charge < -0.3 is 18.8 Å². The Morgan fingerprint density at radius 2 is 1.89 bits per heavy atom. The first kappa shape index (κ1) is 17.6. The van der Waals surface area contributed by atoms with E-state index in [2.05, 4.69) is 16.5 Å². The zero-order valence-electron chi connectivity index (χ0n) is 15.2. The number of aromatic nitrogens is 1. The fourth-order valence-corrected chi connectivity index (χ4v) is 4.08. The van der Waals surface area contributed by atoms with Crippen LogP contribution in [0.2, 0.25) is 0 Å². The van der Waals surface area contributed by atoms with Crippen LogP contribution in [0.1, 0.15) is 23.7 Å². The molecule has 0 bridgehead atoms. The molecule has 3 aromatic rings. The van der Waals surface area contributed by atoms with Gasteiger partial charge in [-0.25, -0.2) is 0 Å². The lowest BCUT2D eigenvalue weighted by Gasteiger charge is -2.18. The van der Waals surface area contributed by atoms with Gasteiger partial charge in [-0.3, -0.25) is 4.79 Å². The minimum atomic E-state index is -0.272. The minimum Gasteiger partial charge on any atom is -0.497 e. The number of hydrogen-bond donors (Lipinski definition) is 0. The third-order valence-electron chi connectivity index (χ3n) is 4.33. The van der Waals surface area contributed by atoms with E-state index in [1.807, 2.05) is 12.1 Å². The summed E-state index contributed by atoms with van der Waals surface area (Å²) in [7, 11) is 1.60. The Hall–Kier alpha value is -2.80. The lowest BCUT2D eigenvalue weighted by Crippen LogP contribution is -2.17. The normalized spacial score (nSPS) is 13.8. The van der Waals surface area contributed by atoms with E-state index in [0.717, 1.165) is 34.7 Å². The van der Waals surface area contributed by atoms with E-state index in [9.17, 15) is 4.79 Å². The van der Waals surface area contributed by atoms with Crippen molar-refractivity contribution in [2.24, 2.45) is 4.99 Å². The molecule has 7 heteroatoms. The summed E-state index contributed by atoms with van der Waals surface area (Å²) < 4.78 is 19.6. The molecule has 0 saturated heterocycles. The van der Waals surface area contributed by atoms with Gasteiger partial charge >= 0.3 is 0 Å². The van der Waals surface area contributed by atoms with E-state index in [0.29, 0.717) is 29.3 Å². The highest BCUT2D eigenvalue weighted by molar-refractivity contribution is 7.16. The van der Waals surface area contributed by atoms with Crippen LogP contribution < -0.4 is 19.0 Å². The highest BCUT2D eigenvalue weighted by Crippen LogP contribution is 2.35. The van der Waals surface area contributed by atoms with Crippen LogP contribution >= 0.6 is 11.3 Å². The molecule has 140 valence electrons. The molecule has 0 N–H and O–H groups in total. The van der Waals surface area contributed by atoms with Crippen LogP contribution in [0, 0.1) is 0 Å². The maximum Gasteiger partial charge on any atom is 0.279 e. The maximum atomic E-state index is 12.6. The molecule has 1 aromatic heterocycles. The van der Waals surface area contributed by atoms with E-state index >= 15 is 0 Å². The number of fused-ring (bicyclic) bond motifs is 2. The fourth-order valence-electron chi connectivity index (χ4n) is 3.02. The predicted octanol–water partition coefficient (Wildman–Crippen LogP) is 3.63. The Labute approximate surface area is 160 Å². The van der Waals surface area contributed by atoms with Crippen molar-refractivity contribution in [3.8, 4) is 17.2 Å². The first-order valence-electron chi connectivity index (χ1n) is 8.85. The predicted molar refractivity (Wildman–Crippen MR) is 104 cm³/mol. The van der Waals surface area contributed by atoms with Crippen LogP contribution in [0.25, 0.3) is 10.2 Å². The molecule has 6 nitrogen and oxygen atoms in total. The van der Waals surface area contributed by atoms with Gasteiger partial charge in [0.2, 0.25) is 0 Å². The largest absolute Gasteiger partial charge is 0.497 e. The molecule has 1 amide bonds. The van der Waals surface area contributed by atoms with Gasteiger partial charge in [-0.2, -0.15) is 4.99 Å². The number of ether oxygens (including phenoxy) is 3. The number of aryl methyl sites for hydroxylation is 1. The van der Waals surface area contributed by atoms with Gasteiger partial charge in [-0.1, -0.05) is 18.3 Å². The van der Waals surface area contributed by atoms with Crippen molar-refractivity contribution >= 4 is 27.5 Å². The molecule has 4 rings (SSSR count). The van der Waals surface area contributed by atoms with Gasteiger partial charge in [0.05, 0.1) is 17.3 Å². The Morgan fingerprint density at radius 3 is 2.56 bits per heavy atom. The second-order valence-electron chi connectivity index (χ2n) is 6.15. The maximum absolute atomic E-state index is 12.6. The molecule has 0 saturated carbocycles. The van der Waals surface area contributed by atoms with Gasteiger partial charge in [-0.05, 0) is 30.7 Å². The topological polar surface area (TPSA) is 62.1 Å². The summed E-state index contributed by atoms with van der Waals surface area (Å²) in [5.41, 5.74) is 1.54. The summed E-state index contributed by atoms with van der Waals surface area (Å²) in [5.74, 6) is 1.92. The van der Waals surface area contributed by atoms with Crippen LogP contribution in [-0.4, -0.2) is 30.8 Å². The lowest BCUT2D eigenvalue weighted by molar-refractivity contribution is 0.0998. The SMILES string of the molecule is CCCn1c(=NC(=O)c2ccc(OC)cc2)sc2cc3c(cc21)OCCO3. The zero-order valence-corrected chi connectivity index (χ0v) is 16.0. The number of thiazole rings is 1. The molecule has 0 aliphatic carbocycles. The Balaban J connectivity index is 1.80. The summed E-state index contributed by atoms with van der Waals surface area (Å²) >= 11 is 1.48. The number of nitrogens with zero attached hydrogens (tertiary/aromatic N) is 2. The number of hydrogen-bond acceptors (Lipinski definition) is 5. The first-order chi connectivity index (χ1) is 13.2. The number of benzene rings is 2. The first-order valence-corrected chi connectivity index (χ1v) is 9.67. The van der Waals surface area contributed by atoms with Crippen molar-refractivity contribution in [1.29, 1.82) is 0 Å². The smallest absolute Gasteiger partial charge is 0.279 e. The minimum absolute atomic E-state index is 0.272. The van der Waals surface area contributed by atoms with Crippen LogP contribution in [0.3, 0.4) is 0 Å². The number of rotatable bonds is 4.